The average Bonchev–Trinajstić information content (AvgIpc) is 2.18. The molecule has 0 atom stereocenters. The van der Waals surface area contributed by atoms with E-state index in [1.807, 2.05) is 18.2 Å². The Balaban J connectivity index is 3.05. The van der Waals surface area contributed by atoms with Crippen LogP contribution in [0.25, 0.3) is 0 Å². The number of halogens is 1. The maximum Gasteiger partial charge on any atom is 0.125 e. The van der Waals surface area contributed by atoms with E-state index in [2.05, 4.69) is 0 Å². The highest BCUT2D eigenvalue weighted by Crippen LogP contribution is 2.28. The molecular weight excluding hydrogens is 188 g/mol. The molecule has 72 valence electrons. The molecule has 0 radical (unpaired) electrons. The van der Waals surface area contributed by atoms with Crippen molar-refractivity contribution >= 4 is 11.6 Å². The first-order valence-corrected chi connectivity index (χ1v) is 4.62. The highest BCUT2D eigenvalue weighted by Gasteiger charge is 2.07. The van der Waals surface area contributed by atoms with Gasteiger partial charge in [-0.2, -0.15) is 0 Å². The maximum atomic E-state index is 5.68. The van der Waals surface area contributed by atoms with Gasteiger partial charge in [0.2, 0.25) is 0 Å². The lowest BCUT2D eigenvalue weighted by Crippen LogP contribution is -1.97. The van der Waals surface area contributed by atoms with Crippen molar-refractivity contribution in [3.63, 3.8) is 0 Å². The van der Waals surface area contributed by atoms with E-state index in [1.165, 1.54) is 0 Å². The molecule has 0 bridgehead atoms. The Kier molecular flexibility index (Phi) is 3.90. The maximum absolute atomic E-state index is 5.68. The molecule has 0 saturated carbocycles. The van der Waals surface area contributed by atoms with Crippen molar-refractivity contribution in [1.29, 1.82) is 0 Å². The minimum Gasteiger partial charge on any atom is -0.496 e. The van der Waals surface area contributed by atoms with Crippen LogP contribution in [0.5, 0.6) is 11.5 Å². The zero-order valence-electron chi connectivity index (χ0n) is 7.84. The highest BCUT2D eigenvalue weighted by atomic mass is 35.5. The van der Waals surface area contributed by atoms with Gasteiger partial charge in [0.25, 0.3) is 0 Å². The van der Waals surface area contributed by atoms with E-state index in [0.29, 0.717) is 5.88 Å². The van der Waals surface area contributed by atoms with Crippen molar-refractivity contribution in [3.8, 4) is 11.5 Å². The molecule has 2 nitrogen and oxygen atoms in total. The molecule has 13 heavy (non-hydrogen) atoms. The molecule has 3 heteroatoms. The van der Waals surface area contributed by atoms with Crippen molar-refractivity contribution in [1.82, 2.24) is 0 Å². The number of alkyl halides is 1. The van der Waals surface area contributed by atoms with Crippen molar-refractivity contribution < 1.29 is 9.47 Å². The topological polar surface area (TPSA) is 18.5 Å². The fraction of sp³-hybridized carbons (Fsp3) is 0.400. The molecule has 0 aliphatic rings. The van der Waals surface area contributed by atoms with Gasteiger partial charge < -0.3 is 9.47 Å². The summed E-state index contributed by atoms with van der Waals surface area (Å²) >= 11 is 5.68. The van der Waals surface area contributed by atoms with Crippen LogP contribution >= 0.6 is 11.6 Å². The fourth-order valence-corrected chi connectivity index (χ4v) is 1.46. The minimum absolute atomic E-state index is 0.566. The van der Waals surface area contributed by atoms with Crippen molar-refractivity contribution in [3.05, 3.63) is 23.8 Å². The Morgan fingerprint density at radius 3 is 2.08 bits per heavy atom. The molecule has 0 aliphatic heterocycles. The standard InChI is InChI=1S/C10H13ClO2/c1-12-9-4-3-5-10(13-2)8(9)6-7-11/h3-5H,6-7H2,1-2H3. The van der Waals surface area contributed by atoms with Gasteiger partial charge in [-0.3, -0.25) is 0 Å². The summed E-state index contributed by atoms with van der Waals surface area (Å²) in [6, 6.07) is 5.71. The first-order valence-electron chi connectivity index (χ1n) is 4.09. The predicted molar refractivity (Wildman–Crippen MR) is 54.0 cm³/mol. The van der Waals surface area contributed by atoms with E-state index in [4.69, 9.17) is 21.1 Å². The van der Waals surface area contributed by atoms with E-state index in [9.17, 15) is 0 Å². The summed E-state index contributed by atoms with van der Waals surface area (Å²) in [5, 5.41) is 0. The molecule has 0 saturated heterocycles. The van der Waals surface area contributed by atoms with Crippen LogP contribution in [0.4, 0.5) is 0 Å². The van der Waals surface area contributed by atoms with Gasteiger partial charge in [0.15, 0.2) is 0 Å². The molecule has 1 rings (SSSR count). The van der Waals surface area contributed by atoms with E-state index < -0.39 is 0 Å². The van der Waals surface area contributed by atoms with E-state index in [1.54, 1.807) is 14.2 Å². The zero-order chi connectivity index (χ0) is 9.68. The Labute approximate surface area is 83.4 Å². The van der Waals surface area contributed by atoms with Crippen LogP contribution in [0, 0.1) is 0 Å². The Morgan fingerprint density at radius 2 is 1.69 bits per heavy atom. The van der Waals surface area contributed by atoms with E-state index in [0.717, 1.165) is 23.5 Å². The quantitative estimate of drug-likeness (QED) is 0.696. The molecule has 0 fully saturated rings. The van der Waals surface area contributed by atoms with Gasteiger partial charge in [-0.1, -0.05) is 6.07 Å². The summed E-state index contributed by atoms with van der Waals surface area (Å²) in [7, 11) is 3.29. The Morgan fingerprint density at radius 1 is 1.15 bits per heavy atom. The molecule has 0 unspecified atom stereocenters. The number of benzene rings is 1. The second kappa shape index (κ2) is 4.97. The zero-order valence-corrected chi connectivity index (χ0v) is 8.60. The lowest BCUT2D eigenvalue weighted by atomic mass is 10.1. The van der Waals surface area contributed by atoms with Gasteiger partial charge in [0.05, 0.1) is 14.2 Å². The second-order valence-electron chi connectivity index (χ2n) is 2.58. The van der Waals surface area contributed by atoms with Gasteiger partial charge in [0, 0.05) is 11.4 Å². The van der Waals surface area contributed by atoms with Gasteiger partial charge in [-0.25, -0.2) is 0 Å². The molecule has 0 aromatic heterocycles. The van der Waals surface area contributed by atoms with Crippen molar-refractivity contribution in [2.24, 2.45) is 0 Å². The van der Waals surface area contributed by atoms with Crippen LogP contribution in [0.2, 0.25) is 0 Å². The molecule has 0 amide bonds. The highest BCUT2D eigenvalue weighted by molar-refractivity contribution is 6.18. The fourth-order valence-electron chi connectivity index (χ4n) is 1.27. The minimum atomic E-state index is 0.566. The SMILES string of the molecule is COc1cccc(OC)c1CCCl. The van der Waals surface area contributed by atoms with Crippen LogP contribution in [-0.2, 0) is 6.42 Å². The molecule has 1 aromatic carbocycles. The summed E-state index contributed by atoms with van der Waals surface area (Å²) in [6.07, 6.45) is 0.759. The third-order valence-corrected chi connectivity index (χ3v) is 2.06. The molecule has 1 aromatic rings. The van der Waals surface area contributed by atoms with Gasteiger partial charge in [0.1, 0.15) is 11.5 Å². The summed E-state index contributed by atoms with van der Waals surface area (Å²) in [4.78, 5) is 0. The first-order chi connectivity index (χ1) is 6.33. The van der Waals surface area contributed by atoms with E-state index in [-0.39, 0.29) is 0 Å². The largest absolute Gasteiger partial charge is 0.496 e. The van der Waals surface area contributed by atoms with E-state index >= 15 is 0 Å². The smallest absolute Gasteiger partial charge is 0.125 e. The van der Waals surface area contributed by atoms with Crippen LogP contribution < -0.4 is 9.47 Å². The summed E-state index contributed by atoms with van der Waals surface area (Å²) < 4.78 is 10.4. The van der Waals surface area contributed by atoms with Crippen LogP contribution in [0.3, 0.4) is 0 Å². The molecule has 0 heterocycles. The lowest BCUT2D eigenvalue weighted by Gasteiger charge is -2.11. The number of hydrogen-bond donors (Lipinski definition) is 0. The number of hydrogen-bond acceptors (Lipinski definition) is 2. The normalized spacial score (nSPS) is 9.77. The van der Waals surface area contributed by atoms with Gasteiger partial charge >= 0.3 is 0 Å². The lowest BCUT2D eigenvalue weighted by molar-refractivity contribution is 0.386. The summed E-state index contributed by atoms with van der Waals surface area (Å²) in [5.41, 5.74) is 1.03. The number of rotatable bonds is 4. The van der Waals surface area contributed by atoms with Gasteiger partial charge in [-0.05, 0) is 18.6 Å². The summed E-state index contributed by atoms with van der Waals surface area (Å²) in [6.45, 7) is 0. The Bertz CT molecular complexity index is 251. The number of methoxy groups -OCH3 is 2. The number of ether oxygens (including phenoxy) is 2. The predicted octanol–water partition coefficient (Wildman–Crippen LogP) is 2.49. The van der Waals surface area contributed by atoms with Crippen LogP contribution in [0.15, 0.2) is 18.2 Å². The van der Waals surface area contributed by atoms with Crippen LogP contribution in [0.1, 0.15) is 5.56 Å². The van der Waals surface area contributed by atoms with Crippen molar-refractivity contribution in [2.45, 2.75) is 6.42 Å². The molecule has 0 spiro atoms. The van der Waals surface area contributed by atoms with Gasteiger partial charge in [-0.15, -0.1) is 11.6 Å². The first kappa shape index (κ1) is 10.2. The molecular formula is C10H13ClO2. The third-order valence-electron chi connectivity index (χ3n) is 1.87. The average molecular weight is 201 g/mol. The molecule has 0 aliphatic carbocycles. The second-order valence-corrected chi connectivity index (χ2v) is 2.96. The van der Waals surface area contributed by atoms with Crippen molar-refractivity contribution in [2.75, 3.05) is 20.1 Å². The monoisotopic (exact) mass is 200 g/mol. The summed E-state index contributed by atoms with van der Waals surface area (Å²) in [5.74, 6) is 2.23. The molecule has 0 N–H and O–H groups in total. The van der Waals surface area contributed by atoms with Crippen LogP contribution in [-0.4, -0.2) is 20.1 Å². The Hall–Kier alpha value is -0.890. The third kappa shape index (κ3) is 2.28.